The van der Waals surface area contributed by atoms with E-state index in [0.29, 0.717) is 11.5 Å². The van der Waals surface area contributed by atoms with Crippen LogP contribution in [0, 0.1) is 10.1 Å². The molecule has 0 aromatic heterocycles. The molecule has 0 unspecified atom stereocenters. The van der Waals surface area contributed by atoms with Crippen molar-refractivity contribution in [3.8, 4) is 11.5 Å². The third kappa shape index (κ3) is 3.80. The average molecular weight is 440 g/mol. The second-order valence-electron chi connectivity index (χ2n) is 6.87. The van der Waals surface area contributed by atoms with Gasteiger partial charge in [0.25, 0.3) is 23.4 Å². The normalized spacial score (nSPS) is 16.4. The fourth-order valence-electron chi connectivity index (χ4n) is 3.31. The fourth-order valence-corrected chi connectivity index (χ4v) is 3.31. The number of hydrazine groups is 1. The van der Waals surface area contributed by atoms with Gasteiger partial charge in [-0.05, 0) is 18.2 Å². The number of amides is 4. The lowest BCUT2D eigenvalue weighted by Crippen LogP contribution is -2.51. The number of rotatable bonds is 5. The van der Waals surface area contributed by atoms with Gasteiger partial charge < -0.3 is 9.47 Å². The highest BCUT2D eigenvalue weighted by Crippen LogP contribution is 2.31. The molecule has 2 N–H and O–H groups in total. The summed E-state index contributed by atoms with van der Waals surface area (Å²) in [6.07, 6.45) is -1.31. The molecule has 2 aromatic rings. The summed E-state index contributed by atoms with van der Waals surface area (Å²) < 4.78 is 11.0. The van der Waals surface area contributed by atoms with E-state index in [4.69, 9.17) is 9.47 Å². The molecule has 0 fully saturated rings. The molecule has 0 radical (unpaired) electrons. The molecule has 164 valence electrons. The van der Waals surface area contributed by atoms with E-state index in [-0.39, 0.29) is 30.7 Å². The summed E-state index contributed by atoms with van der Waals surface area (Å²) in [6, 6.07) is 10.6. The first-order valence-corrected chi connectivity index (χ1v) is 9.47. The number of carbonyl (C=O) groups is 4. The van der Waals surface area contributed by atoms with Crippen molar-refractivity contribution in [2.75, 3.05) is 13.2 Å². The third-order valence-electron chi connectivity index (χ3n) is 4.86. The highest BCUT2D eigenvalue weighted by molar-refractivity contribution is 6.23. The molecule has 0 saturated carbocycles. The molecule has 32 heavy (non-hydrogen) atoms. The number of imide groups is 1. The Morgan fingerprint density at radius 2 is 1.81 bits per heavy atom. The highest BCUT2D eigenvalue weighted by Gasteiger charge is 2.40. The Labute approximate surface area is 180 Å². The van der Waals surface area contributed by atoms with Gasteiger partial charge in [-0.15, -0.1) is 0 Å². The zero-order valence-corrected chi connectivity index (χ0v) is 16.4. The summed E-state index contributed by atoms with van der Waals surface area (Å²) >= 11 is 0. The van der Waals surface area contributed by atoms with Gasteiger partial charge in [0.05, 0.1) is 10.5 Å². The Balaban J connectivity index is 1.30. The van der Waals surface area contributed by atoms with Gasteiger partial charge in [0, 0.05) is 19.0 Å². The van der Waals surface area contributed by atoms with E-state index in [0.717, 1.165) is 11.0 Å². The Morgan fingerprint density at radius 3 is 2.56 bits per heavy atom. The lowest BCUT2D eigenvalue weighted by Gasteiger charge is -2.25. The number of fused-ring (bicyclic) bond motifs is 2. The minimum absolute atomic E-state index is 0.0491. The topological polar surface area (TPSA) is 157 Å². The van der Waals surface area contributed by atoms with Crippen molar-refractivity contribution in [3.63, 3.8) is 0 Å². The van der Waals surface area contributed by atoms with E-state index < -0.39 is 40.3 Å². The van der Waals surface area contributed by atoms with Gasteiger partial charge in [-0.25, -0.2) is 0 Å². The number of nitro benzene ring substituents is 1. The summed E-state index contributed by atoms with van der Waals surface area (Å²) in [4.78, 5) is 60.4. The number of nitro groups is 1. The molecule has 4 rings (SSSR count). The van der Waals surface area contributed by atoms with Gasteiger partial charge in [0.1, 0.15) is 12.2 Å². The van der Waals surface area contributed by atoms with Crippen molar-refractivity contribution >= 4 is 29.3 Å². The summed E-state index contributed by atoms with van der Waals surface area (Å²) in [7, 11) is 0. The van der Waals surface area contributed by atoms with E-state index in [1.54, 1.807) is 24.3 Å². The standard InChI is InChI=1S/C20H16N4O8/c25-16(21-22-18(26)15-10-31-13-6-1-2-7-14(13)32-15)8-9-23-19(27)11-4-3-5-12(24(29)30)17(11)20(23)28/h1-7,15H,8-10H2,(H,21,25)(H,22,26)/t15-/m1/s1. The Bertz CT molecular complexity index is 1150. The predicted molar refractivity (Wildman–Crippen MR) is 106 cm³/mol. The van der Waals surface area contributed by atoms with Crippen molar-refractivity contribution in [3.05, 3.63) is 63.7 Å². The number of ether oxygens (including phenoxy) is 2. The molecule has 2 aliphatic rings. The second-order valence-corrected chi connectivity index (χ2v) is 6.87. The minimum atomic E-state index is -0.984. The molecule has 12 heteroatoms. The molecule has 2 aliphatic heterocycles. The molecule has 0 bridgehead atoms. The average Bonchev–Trinajstić information content (AvgIpc) is 3.05. The summed E-state index contributed by atoms with van der Waals surface area (Å²) in [5, 5.41) is 11.1. The fraction of sp³-hybridized carbons (Fsp3) is 0.200. The Hall–Kier alpha value is -4.48. The Morgan fingerprint density at radius 1 is 1.06 bits per heavy atom. The molecule has 4 amide bonds. The maximum Gasteiger partial charge on any atom is 0.283 e. The third-order valence-corrected chi connectivity index (χ3v) is 4.86. The lowest BCUT2D eigenvalue weighted by molar-refractivity contribution is -0.385. The van der Waals surface area contributed by atoms with E-state index in [2.05, 4.69) is 10.9 Å². The SMILES string of the molecule is O=C(CCN1C(=O)c2cccc([N+](=O)[O-])c2C1=O)NNC(=O)[C@H]1COc2ccccc2O1. The van der Waals surface area contributed by atoms with Gasteiger partial charge in [-0.2, -0.15) is 0 Å². The van der Waals surface area contributed by atoms with Crippen molar-refractivity contribution in [1.29, 1.82) is 0 Å². The number of hydrogen-bond acceptors (Lipinski definition) is 8. The number of nitrogens with one attached hydrogen (secondary N) is 2. The number of carbonyl (C=O) groups excluding carboxylic acids is 4. The van der Waals surface area contributed by atoms with Crippen LogP contribution in [0.2, 0.25) is 0 Å². The number of benzene rings is 2. The largest absolute Gasteiger partial charge is 0.485 e. The van der Waals surface area contributed by atoms with Gasteiger partial charge in [-0.1, -0.05) is 18.2 Å². The summed E-state index contributed by atoms with van der Waals surface area (Å²) in [5.74, 6) is -2.00. The zero-order chi connectivity index (χ0) is 22.8. The monoisotopic (exact) mass is 440 g/mol. The van der Waals surface area contributed by atoms with Gasteiger partial charge in [-0.3, -0.25) is 45.0 Å². The predicted octanol–water partition coefficient (Wildman–Crippen LogP) is 0.568. The first kappa shape index (κ1) is 20.8. The van der Waals surface area contributed by atoms with Crippen molar-refractivity contribution in [2.24, 2.45) is 0 Å². The summed E-state index contributed by atoms with van der Waals surface area (Å²) in [6.45, 7) is -0.367. The molecule has 2 heterocycles. The molecular formula is C20H16N4O8. The molecule has 0 saturated heterocycles. The smallest absolute Gasteiger partial charge is 0.283 e. The zero-order valence-electron chi connectivity index (χ0n) is 16.4. The number of para-hydroxylation sites is 2. The van der Waals surface area contributed by atoms with Crippen molar-refractivity contribution < 1.29 is 33.6 Å². The first-order chi connectivity index (χ1) is 15.4. The lowest BCUT2D eigenvalue weighted by atomic mass is 10.1. The Kier molecular flexibility index (Phi) is 5.41. The molecule has 0 aliphatic carbocycles. The van der Waals surface area contributed by atoms with Crippen LogP contribution in [-0.2, 0) is 9.59 Å². The van der Waals surface area contributed by atoms with Crippen LogP contribution in [0.5, 0.6) is 11.5 Å². The van der Waals surface area contributed by atoms with Crippen LogP contribution in [0.1, 0.15) is 27.1 Å². The van der Waals surface area contributed by atoms with Crippen molar-refractivity contribution in [2.45, 2.75) is 12.5 Å². The molecule has 2 aromatic carbocycles. The van der Waals surface area contributed by atoms with E-state index in [1.807, 2.05) is 0 Å². The van der Waals surface area contributed by atoms with E-state index in [1.165, 1.54) is 12.1 Å². The van der Waals surface area contributed by atoms with E-state index in [9.17, 15) is 29.3 Å². The van der Waals surface area contributed by atoms with Crippen LogP contribution in [-0.4, -0.2) is 52.7 Å². The van der Waals surface area contributed by atoms with Crippen molar-refractivity contribution in [1.82, 2.24) is 15.8 Å². The first-order valence-electron chi connectivity index (χ1n) is 9.47. The van der Waals surface area contributed by atoms with Crippen LogP contribution in [0.4, 0.5) is 5.69 Å². The molecular weight excluding hydrogens is 424 g/mol. The maximum atomic E-state index is 12.5. The number of hydrogen-bond donors (Lipinski definition) is 2. The van der Waals surface area contributed by atoms with Gasteiger partial charge in [0.15, 0.2) is 11.5 Å². The molecule has 1 atom stereocenters. The van der Waals surface area contributed by atoms with Crippen LogP contribution in [0.25, 0.3) is 0 Å². The quantitative estimate of drug-likeness (QED) is 0.388. The maximum absolute atomic E-state index is 12.5. The van der Waals surface area contributed by atoms with E-state index >= 15 is 0 Å². The summed E-state index contributed by atoms with van der Waals surface area (Å²) in [5.41, 5.74) is 3.51. The van der Waals surface area contributed by atoms with Crippen LogP contribution < -0.4 is 20.3 Å². The van der Waals surface area contributed by atoms with Gasteiger partial charge >= 0.3 is 0 Å². The second kappa shape index (κ2) is 8.34. The van der Waals surface area contributed by atoms with Crippen LogP contribution >= 0.6 is 0 Å². The minimum Gasteiger partial charge on any atom is -0.485 e. The van der Waals surface area contributed by atoms with Crippen LogP contribution in [0.3, 0.4) is 0 Å². The van der Waals surface area contributed by atoms with Crippen LogP contribution in [0.15, 0.2) is 42.5 Å². The highest BCUT2D eigenvalue weighted by atomic mass is 16.6. The molecule has 0 spiro atoms. The molecule has 12 nitrogen and oxygen atoms in total. The number of nitrogens with zero attached hydrogens (tertiary/aromatic N) is 2. The van der Waals surface area contributed by atoms with Gasteiger partial charge in [0.2, 0.25) is 12.0 Å².